The molecule has 0 saturated heterocycles. The number of nitrogens with two attached hydrogens (primary N) is 1. The molecule has 3 amide bonds. The molecule has 0 aliphatic carbocycles. The molecule has 0 radical (unpaired) electrons. The zero-order valence-corrected chi connectivity index (χ0v) is 20.7. The highest BCUT2D eigenvalue weighted by molar-refractivity contribution is 7.98. The molecule has 0 aromatic carbocycles. The summed E-state index contributed by atoms with van der Waals surface area (Å²) < 4.78 is 0. The van der Waals surface area contributed by atoms with Crippen LogP contribution >= 0.6 is 24.4 Å². The number of thioether (sulfide) groups is 1. The molecule has 0 saturated carbocycles. The van der Waals surface area contributed by atoms with Crippen LogP contribution in [0.25, 0.3) is 0 Å². The van der Waals surface area contributed by atoms with Gasteiger partial charge in [0.05, 0.1) is 6.04 Å². The van der Waals surface area contributed by atoms with Gasteiger partial charge in [-0.15, -0.1) is 0 Å². The zero-order chi connectivity index (χ0) is 24.1. The van der Waals surface area contributed by atoms with Crippen molar-refractivity contribution in [3.63, 3.8) is 0 Å². The van der Waals surface area contributed by atoms with E-state index in [9.17, 15) is 24.3 Å². The number of carboxylic acids is 1. The second-order valence-corrected chi connectivity index (χ2v) is 9.70. The third kappa shape index (κ3) is 12.2. The molecule has 9 nitrogen and oxygen atoms in total. The molecule has 11 heteroatoms. The predicted molar refractivity (Wildman–Crippen MR) is 127 cm³/mol. The molecule has 0 spiro atoms. The predicted octanol–water partition coefficient (Wildman–Crippen LogP) is 0.628. The average molecular weight is 479 g/mol. The van der Waals surface area contributed by atoms with Gasteiger partial charge in [-0.05, 0) is 43.1 Å². The second kappa shape index (κ2) is 15.4. The maximum Gasteiger partial charge on any atom is 0.326 e. The fraction of sp³-hybridized carbons (Fsp3) is 0.800. The number of carbonyl (C=O) groups is 4. The summed E-state index contributed by atoms with van der Waals surface area (Å²) in [5.74, 6) is -1.86. The Bertz CT molecular complexity index is 604. The Morgan fingerprint density at radius 2 is 1.35 bits per heavy atom. The van der Waals surface area contributed by atoms with Gasteiger partial charge in [-0.2, -0.15) is 24.4 Å². The molecule has 0 heterocycles. The van der Waals surface area contributed by atoms with Crippen LogP contribution in [0.2, 0.25) is 0 Å². The molecule has 4 atom stereocenters. The number of nitrogens with one attached hydrogen (secondary N) is 3. The summed E-state index contributed by atoms with van der Waals surface area (Å²) in [4.78, 5) is 49.2. The van der Waals surface area contributed by atoms with Gasteiger partial charge in [-0.1, -0.05) is 27.7 Å². The third-order valence-electron chi connectivity index (χ3n) is 4.44. The van der Waals surface area contributed by atoms with Gasteiger partial charge in [0.1, 0.15) is 18.1 Å². The fourth-order valence-electron chi connectivity index (χ4n) is 2.83. The quantitative estimate of drug-likeness (QED) is 0.189. The summed E-state index contributed by atoms with van der Waals surface area (Å²) in [6.45, 7) is 7.65. The number of aliphatic carboxylic acids is 1. The van der Waals surface area contributed by atoms with E-state index in [0.29, 0.717) is 18.6 Å². The number of carbonyl (C=O) groups excluding carboxylic acids is 3. The van der Waals surface area contributed by atoms with Crippen molar-refractivity contribution in [2.45, 2.75) is 71.1 Å². The van der Waals surface area contributed by atoms with Crippen LogP contribution in [0.5, 0.6) is 0 Å². The number of hydrogen-bond donors (Lipinski definition) is 6. The van der Waals surface area contributed by atoms with E-state index in [1.807, 2.05) is 34.0 Å². The number of rotatable bonds is 15. The lowest BCUT2D eigenvalue weighted by Crippen LogP contribution is -2.58. The lowest BCUT2D eigenvalue weighted by atomic mass is 10.0. The summed E-state index contributed by atoms with van der Waals surface area (Å²) in [5, 5.41) is 17.1. The van der Waals surface area contributed by atoms with E-state index in [1.165, 1.54) is 11.8 Å². The zero-order valence-electron chi connectivity index (χ0n) is 19.0. The standard InChI is InChI=1S/C20H38N4O5S2/c1-11(2)8-13(21)17(25)24-16(10-30)19(27)23-15(9-12(3)4)18(26)22-14(20(28)29)6-7-31-5/h11-16,30H,6-10,21H2,1-5H3,(H,22,26)(H,23,27)(H,24,25)(H,28,29). The van der Waals surface area contributed by atoms with Crippen LogP contribution in [0.4, 0.5) is 0 Å². The first kappa shape index (κ1) is 29.5. The number of thiol groups is 1. The van der Waals surface area contributed by atoms with E-state index < -0.39 is 47.9 Å². The third-order valence-corrected chi connectivity index (χ3v) is 5.45. The summed E-state index contributed by atoms with van der Waals surface area (Å²) in [6, 6.07) is -3.70. The van der Waals surface area contributed by atoms with Gasteiger partial charge < -0.3 is 26.8 Å². The van der Waals surface area contributed by atoms with E-state index in [2.05, 4.69) is 28.6 Å². The Balaban J connectivity index is 5.21. The van der Waals surface area contributed by atoms with Crippen molar-refractivity contribution >= 4 is 48.1 Å². The lowest BCUT2D eigenvalue weighted by molar-refractivity contribution is -0.142. The maximum absolute atomic E-state index is 12.7. The SMILES string of the molecule is CSCCC(NC(=O)C(CC(C)C)NC(=O)C(CS)NC(=O)C(N)CC(C)C)C(=O)O. The van der Waals surface area contributed by atoms with Crippen LogP contribution in [0.3, 0.4) is 0 Å². The Kier molecular flexibility index (Phi) is 14.6. The van der Waals surface area contributed by atoms with Crippen LogP contribution in [0.1, 0.15) is 47.0 Å². The molecule has 0 aliphatic rings. The van der Waals surface area contributed by atoms with Crippen molar-refractivity contribution < 1.29 is 24.3 Å². The summed E-state index contributed by atoms with van der Waals surface area (Å²) in [7, 11) is 0. The van der Waals surface area contributed by atoms with E-state index in [4.69, 9.17) is 5.73 Å². The molecule has 0 fully saturated rings. The molecule has 31 heavy (non-hydrogen) atoms. The first-order valence-corrected chi connectivity index (χ1v) is 12.4. The van der Waals surface area contributed by atoms with Crippen molar-refractivity contribution in [2.75, 3.05) is 17.8 Å². The van der Waals surface area contributed by atoms with Gasteiger partial charge >= 0.3 is 5.97 Å². The lowest BCUT2D eigenvalue weighted by Gasteiger charge is -2.25. The fourth-order valence-corrected chi connectivity index (χ4v) is 3.56. The smallest absolute Gasteiger partial charge is 0.326 e. The van der Waals surface area contributed by atoms with Crippen molar-refractivity contribution in [3.05, 3.63) is 0 Å². The highest BCUT2D eigenvalue weighted by Crippen LogP contribution is 2.08. The highest BCUT2D eigenvalue weighted by Gasteiger charge is 2.30. The molecule has 0 bridgehead atoms. The van der Waals surface area contributed by atoms with E-state index >= 15 is 0 Å². The normalized spacial score (nSPS) is 15.1. The number of hydrogen-bond acceptors (Lipinski definition) is 7. The van der Waals surface area contributed by atoms with Crippen LogP contribution < -0.4 is 21.7 Å². The van der Waals surface area contributed by atoms with Gasteiger partial charge in [0, 0.05) is 5.75 Å². The average Bonchev–Trinajstić information content (AvgIpc) is 2.66. The summed E-state index contributed by atoms with van der Waals surface area (Å²) in [5.41, 5.74) is 5.87. The van der Waals surface area contributed by atoms with Crippen LogP contribution in [-0.2, 0) is 19.2 Å². The molecule has 0 aromatic heterocycles. The monoisotopic (exact) mass is 478 g/mol. The molecule has 180 valence electrons. The molecular weight excluding hydrogens is 440 g/mol. The Hall–Kier alpha value is -1.46. The van der Waals surface area contributed by atoms with Crippen LogP contribution in [0, 0.1) is 11.8 Å². The van der Waals surface area contributed by atoms with Gasteiger partial charge in [0.15, 0.2) is 0 Å². The van der Waals surface area contributed by atoms with Crippen molar-refractivity contribution in [1.82, 2.24) is 16.0 Å². The Labute approximate surface area is 194 Å². The highest BCUT2D eigenvalue weighted by atomic mass is 32.2. The van der Waals surface area contributed by atoms with Gasteiger partial charge in [-0.25, -0.2) is 4.79 Å². The van der Waals surface area contributed by atoms with E-state index in [0.717, 1.165) is 0 Å². The molecule has 0 rings (SSSR count). The summed E-state index contributed by atoms with van der Waals surface area (Å²) >= 11 is 5.62. The molecule has 6 N–H and O–H groups in total. The van der Waals surface area contributed by atoms with Gasteiger partial charge in [0.25, 0.3) is 0 Å². The van der Waals surface area contributed by atoms with Crippen LogP contribution in [0.15, 0.2) is 0 Å². The molecular formula is C20H38N4O5S2. The molecule has 0 aliphatic heterocycles. The minimum absolute atomic E-state index is 0.0213. The largest absolute Gasteiger partial charge is 0.480 e. The van der Waals surface area contributed by atoms with Crippen molar-refractivity contribution in [2.24, 2.45) is 17.6 Å². The van der Waals surface area contributed by atoms with Crippen LogP contribution in [-0.4, -0.2) is 70.7 Å². The molecule has 0 aromatic rings. The van der Waals surface area contributed by atoms with Crippen molar-refractivity contribution in [3.8, 4) is 0 Å². The minimum atomic E-state index is -1.13. The van der Waals surface area contributed by atoms with Gasteiger partial charge in [-0.3, -0.25) is 14.4 Å². The first-order valence-electron chi connectivity index (χ1n) is 10.4. The Morgan fingerprint density at radius 1 is 0.871 bits per heavy atom. The second-order valence-electron chi connectivity index (χ2n) is 8.35. The Morgan fingerprint density at radius 3 is 1.81 bits per heavy atom. The van der Waals surface area contributed by atoms with Gasteiger partial charge in [0.2, 0.25) is 17.7 Å². The number of amides is 3. The topological polar surface area (TPSA) is 151 Å². The van der Waals surface area contributed by atoms with Crippen molar-refractivity contribution in [1.29, 1.82) is 0 Å². The minimum Gasteiger partial charge on any atom is -0.480 e. The molecule has 4 unspecified atom stereocenters. The summed E-state index contributed by atoms with van der Waals surface area (Å²) in [6.07, 6.45) is 2.90. The van der Waals surface area contributed by atoms with E-state index in [-0.39, 0.29) is 24.0 Å². The first-order chi connectivity index (χ1) is 14.4. The van der Waals surface area contributed by atoms with E-state index in [1.54, 1.807) is 0 Å². The number of carboxylic acid groups (broad SMARTS) is 1. The maximum atomic E-state index is 12.7.